The Bertz CT molecular complexity index is 585. The van der Waals surface area contributed by atoms with Crippen molar-refractivity contribution in [2.24, 2.45) is 0 Å². The van der Waals surface area contributed by atoms with Gasteiger partial charge in [0.1, 0.15) is 0 Å². The van der Waals surface area contributed by atoms with Gasteiger partial charge in [-0.05, 0) is 23.1 Å². The molecule has 24 heavy (non-hydrogen) atoms. The van der Waals surface area contributed by atoms with Crippen molar-refractivity contribution < 1.29 is 0 Å². The largest absolute Gasteiger partial charge is 0.314 e. The Kier molecular flexibility index (Phi) is 6.45. The molecule has 1 atom stereocenters. The third-order valence-electron chi connectivity index (χ3n) is 5.08. The molecule has 3 rings (SSSR count). The summed E-state index contributed by atoms with van der Waals surface area (Å²) in [4.78, 5) is 2.67. The van der Waals surface area contributed by atoms with Gasteiger partial charge in [0.2, 0.25) is 0 Å². The van der Waals surface area contributed by atoms with Gasteiger partial charge in [0.05, 0.1) is 0 Å². The quantitative estimate of drug-likeness (QED) is 0.731. The monoisotopic (exact) mass is 322 g/mol. The molecule has 0 amide bonds. The summed E-state index contributed by atoms with van der Waals surface area (Å²) < 4.78 is 0. The van der Waals surface area contributed by atoms with Crippen molar-refractivity contribution in [2.75, 3.05) is 26.2 Å². The van der Waals surface area contributed by atoms with Crippen LogP contribution in [-0.2, 0) is 0 Å². The molecule has 2 heteroatoms. The van der Waals surface area contributed by atoms with E-state index in [1.54, 1.807) is 0 Å². The molecular weight excluding hydrogens is 292 g/mol. The smallest absolute Gasteiger partial charge is 0.0349 e. The molecule has 1 fully saturated rings. The highest BCUT2D eigenvalue weighted by Gasteiger charge is 2.21. The molecule has 0 aromatic heterocycles. The molecule has 0 radical (unpaired) electrons. The van der Waals surface area contributed by atoms with Crippen LogP contribution in [0.15, 0.2) is 54.6 Å². The molecule has 0 spiro atoms. The number of unbranched alkanes of at least 4 members (excludes halogenated alkanes) is 2. The Morgan fingerprint density at radius 1 is 0.875 bits per heavy atom. The van der Waals surface area contributed by atoms with E-state index in [2.05, 4.69) is 71.7 Å². The second kappa shape index (κ2) is 9.00. The molecule has 0 aliphatic carbocycles. The predicted molar refractivity (Wildman–Crippen MR) is 103 cm³/mol. The van der Waals surface area contributed by atoms with Crippen molar-refractivity contribution in [2.45, 2.75) is 38.6 Å². The van der Waals surface area contributed by atoms with E-state index < -0.39 is 0 Å². The Hall–Kier alpha value is -1.64. The minimum atomic E-state index is 0.573. The van der Waals surface area contributed by atoms with Gasteiger partial charge >= 0.3 is 0 Å². The van der Waals surface area contributed by atoms with Crippen molar-refractivity contribution in [3.63, 3.8) is 0 Å². The standard InChI is InChI=1S/C22H30N2/c1-2-3-5-10-22(24-17-15-23-16-18-24)21-13-11-20(12-14-21)19-8-6-4-7-9-19/h4,6-9,11-14,22-23H,2-3,5,10,15-18H2,1H3/t22-/m1/s1. The van der Waals surface area contributed by atoms with Crippen LogP contribution in [0.25, 0.3) is 11.1 Å². The third kappa shape index (κ3) is 4.46. The molecule has 0 bridgehead atoms. The summed E-state index contributed by atoms with van der Waals surface area (Å²) >= 11 is 0. The van der Waals surface area contributed by atoms with Crippen LogP contribution in [0.3, 0.4) is 0 Å². The van der Waals surface area contributed by atoms with E-state index in [-0.39, 0.29) is 0 Å². The van der Waals surface area contributed by atoms with Crippen LogP contribution in [0.5, 0.6) is 0 Å². The lowest BCUT2D eigenvalue weighted by Crippen LogP contribution is -2.45. The van der Waals surface area contributed by atoms with Crippen LogP contribution in [0, 0.1) is 0 Å². The van der Waals surface area contributed by atoms with Crippen LogP contribution < -0.4 is 5.32 Å². The van der Waals surface area contributed by atoms with Crippen molar-refractivity contribution in [1.29, 1.82) is 0 Å². The van der Waals surface area contributed by atoms with E-state index in [9.17, 15) is 0 Å². The molecular formula is C22H30N2. The first-order valence-electron chi connectivity index (χ1n) is 9.48. The zero-order valence-corrected chi connectivity index (χ0v) is 14.9. The fraction of sp³-hybridized carbons (Fsp3) is 0.455. The Balaban J connectivity index is 1.76. The molecule has 1 heterocycles. The van der Waals surface area contributed by atoms with Crippen LogP contribution >= 0.6 is 0 Å². The van der Waals surface area contributed by atoms with E-state index in [4.69, 9.17) is 0 Å². The maximum atomic E-state index is 3.48. The van der Waals surface area contributed by atoms with Gasteiger partial charge in [0.15, 0.2) is 0 Å². The summed E-state index contributed by atoms with van der Waals surface area (Å²) in [5.74, 6) is 0. The van der Waals surface area contributed by atoms with Crippen molar-refractivity contribution in [3.05, 3.63) is 60.2 Å². The summed E-state index contributed by atoms with van der Waals surface area (Å²) in [5, 5.41) is 3.48. The minimum absolute atomic E-state index is 0.573. The van der Waals surface area contributed by atoms with Gasteiger partial charge in [-0.15, -0.1) is 0 Å². The van der Waals surface area contributed by atoms with Gasteiger partial charge in [-0.3, -0.25) is 4.90 Å². The number of hydrogen-bond acceptors (Lipinski definition) is 2. The van der Waals surface area contributed by atoms with Crippen LogP contribution in [-0.4, -0.2) is 31.1 Å². The molecule has 1 aliphatic rings. The van der Waals surface area contributed by atoms with E-state index in [1.807, 2.05) is 0 Å². The first-order valence-corrected chi connectivity index (χ1v) is 9.48. The summed E-state index contributed by atoms with van der Waals surface area (Å²) in [7, 11) is 0. The van der Waals surface area contributed by atoms with Gasteiger partial charge < -0.3 is 5.32 Å². The van der Waals surface area contributed by atoms with E-state index >= 15 is 0 Å². The SMILES string of the molecule is CCCCC[C@H](c1ccc(-c2ccccc2)cc1)N1CCNCC1. The van der Waals surface area contributed by atoms with Crippen LogP contribution in [0.4, 0.5) is 0 Å². The first kappa shape index (κ1) is 17.2. The Labute approximate surface area is 146 Å². The van der Waals surface area contributed by atoms with Gasteiger partial charge in [0, 0.05) is 32.2 Å². The normalized spacial score (nSPS) is 16.9. The lowest BCUT2D eigenvalue weighted by molar-refractivity contribution is 0.163. The molecule has 0 unspecified atom stereocenters. The van der Waals surface area contributed by atoms with Crippen LogP contribution in [0.1, 0.15) is 44.2 Å². The molecule has 2 aromatic rings. The summed E-state index contributed by atoms with van der Waals surface area (Å²) in [6, 6.07) is 20.5. The maximum Gasteiger partial charge on any atom is 0.0349 e. The lowest BCUT2D eigenvalue weighted by atomic mass is 9.96. The van der Waals surface area contributed by atoms with Gasteiger partial charge in [-0.1, -0.05) is 80.8 Å². The molecule has 1 N–H and O–H groups in total. The number of piperazine rings is 1. The van der Waals surface area contributed by atoms with Gasteiger partial charge in [-0.2, -0.15) is 0 Å². The molecule has 1 aliphatic heterocycles. The van der Waals surface area contributed by atoms with E-state index in [1.165, 1.54) is 42.4 Å². The van der Waals surface area contributed by atoms with E-state index in [0.717, 1.165) is 26.2 Å². The second-order valence-corrected chi connectivity index (χ2v) is 6.79. The van der Waals surface area contributed by atoms with Crippen molar-refractivity contribution >= 4 is 0 Å². The molecule has 2 aromatic carbocycles. The fourth-order valence-corrected chi connectivity index (χ4v) is 3.67. The topological polar surface area (TPSA) is 15.3 Å². The second-order valence-electron chi connectivity index (χ2n) is 6.79. The fourth-order valence-electron chi connectivity index (χ4n) is 3.67. The highest BCUT2D eigenvalue weighted by molar-refractivity contribution is 5.63. The molecule has 0 saturated carbocycles. The predicted octanol–water partition coefficient (Wildman–Crippen LogP) is 4.88. The molecule has 128 valence electrons. The third-order valence-corrected chi connectivity index (χ3v) is 5.08. The summed E-state index contributed by atoms with van der Waals surface area (Å²) in [6.45, 7) is 6.85. The highest BCUT2D eigenvalue weighted by atomic mass is 15.2. The van der Waals surface area contributed by atoms with Crippen molar-refractivity contribution in [1.82, 2.24) is 10.2 Å². The zero-order valence-electron chi connectivity index (χ0n) is 14.9. The highest BCUT2D eigenvalue weighted by Crippen LogP contribution is 2.29. The number of hydrogen-bond donors (Lipinski definition) is 1. The zero-order chi connectivity index (χ0) is 16.6. The average molecular weight is 322 g/mol. The Morgan fingerprint density at radius 2 is 1.54 bits per heavy atom. The van der Waals surface area contributed by atoms with Gasteiger partial charge in [0.25, 0.3) is 0 Å². The van der Waals surface area contributed by atoms with Gasteiger partial charge in [-0.25, -0.2) is 0 Å². The number of benzene rings is 2. The number of nitrogens with zero attached hydrogens (tertiary/aromatic N) is 1. The molecule has 2 nitrogen and oxygen atoms in total. The first-order chi connectivity index (χ1) is 11.9. The molecule has 1 saturated heterocycles. The summed E-state index contributed by atoms with van der Waals surface area (Å²) in [6.07, 6.45) is 5.23. The summed E-state index contributed by atoms with van der Waals surface area (Å²) in [5.41, 5.74) is 4.09. The van der Waals surface area contributed by atoms with Crippen LogP contribution in [0.2, 0.25) is 0 Å². The van der Waals surface area contributed by atoms with Crippen molar-refractivity contribution in [3.8, 4) is 11.1 Å². The number of rotatable bonds is 7. The average Bonchev–Trinajstić information content (AvgIpc) is 2.67. The minimum Gasteiger partial charge on any atom is -0.314 e. The van der Waals surface area contributed by atoms with E-state index in [0.29, 0.717) is 6.04 Å². The lowest BCUT2D eigenvalue weighted by Gasteiger charge is -2.35. The Morgan fingerprint density at radius 3 is 2.21 bits per heavy atom. The maximum absolute atomic E-state index is 3.48. The number of nitrogens with one attached hydrogen (secondary N) is 1.